The van der Waals surface area contributed by atoms with E-state index in [1.165, 1.54) is 14.0 Å². The summed E-state index contributed by atoms with van der Waals surface area (Å²) in [6.45, 7) is 5.93. The number of thioether (sulfide) groups is 1. The van der Waals surface area contributed by atoms with Gasteiger partial charge < -0.3 is 19.8 Å². The monoisotopic (exact) mass is 367 g/mol. The van der Waals surface area contributed by atoms with Crippen LogP contribution in [0, 0.1) is 5.41 Å². The number of aliphatic hydroxyl groups is 1. The van der Waals surface area contributed by atoms with Crippen LogP contribution < -0.4 is 4.74 Å². The summed E-state index contributed by atoms with van der Waals surface area (Å²) >= 11 is 0.990. The normalized spacial score (nSPS) is 24.2. The number of carbonyl (C=O) groups is 2. The van der Waals surface area contributed by atoms with Gasteiger partial charge in [-0.2, -0.15) is 0 Å². The van der Waals surface area contributed by atoms with Gasteiger partial charge in [0, 0.05) is 31.3 Å². The van der Waals surface area contributed by atoms with Crippen LogP contribution in [0.2, 0.25) is 0 Å². The molecule has 0 aromatic heterocycles. The van der Waals surface area contributed by atoms with Crippen molar-refractivity contribution in [2.24, 2.45) is 5.41 Å². The Hall–Kier alpha value is -1.73. The molecule has 0 radical (unpaired) electrons. The van der Waals surface area contributed by atoms with E-state index in [2.05, 4.69) is 0 Å². The van der Waals surface area contributed by atoms with Crippen molar-refractivity contribution in [1.29, 1.82) is 0 Å². The second-order valence-corrected chi connectivity index (χ2v) is 7.87. The van der Waals surface area contributed by atoms with Crippen LogP contribution in [0.5, 0.6) is 11.5 Å². The van der Waals surface area contributed by atoms with Gasteiger partial charge in [0.25, 0.3) is 0 Å². The summed E-state index contributed by atoms with van der Waals surface area (Å²) in [6.07, 6.45) is -0.639. The molecule has 0 spiro atoms. The number of methoxy groups -OCH3 is 1. The number of carbonyl (C=O) groups excluding carboxylic acids is 2. The summed E-state index contributed by atoms with van der Waals surface area (Å²) in [4.78, 5) is 25.2. The van der Waals surface area contributed by atoms with Crippen LogP contribution in [0.25, 0.3) is 0 Å². The number of aliphatic hydroxyl groups excluding tert-OH is 1. The van der Waals surface area contributed by atoms with E-state index in [1.54, 1.807) is 24.0 Å². The predicted octanol–water partition coefficient (Wildman–Crippen LogP) is 1.99. The van der Waals surface area contributed by atoms with Gasteiger partial charge in [0.05, 0.1) is 19.0 Å². The summed E-state index contributed by atoms with van der Waals surface area (Å²) < 4.78 is 5.08. The number of amides is 1. The number of aromatic hydroxyl groups is 1. The Kier molecular flexibility index (Phi) is 6.00. The van der Waals surface area contributed by atoms with Gasteiger partial charge in [0.2, 0.25) is 5.91 Å². The van der Waals surface area contributed by atoms with E-state index in [9.17, 15) is 19.8 Å². The van der Waals surface area contributed by atoms with Gasteiger partial charge in [-0.1, -0.05) is 24.8 Å². The molecule has 6 nitrogen and oxygen atoms in total. The lowest BCUT2D eigenvalue weighted by atomic mass is 9.72. The minimum Gasteiger partial charge on any atom is -0.504 e. The van der Waals surface area contributed by atoms with Gasteiger partial charge >= 0.3 is 0 Å². The van der Waals surface area contributed by atoms with Crippen molar-refractivity contribution < 1.29 is 24.5 Å². The Morgan fingerprint density at radius 1 is 1.48 bits per heavy atom. The third-order valence-corrected chi connectivity index (χ3v) is 5.84. The van der Waals surface area contributed by atoms with E-state index in [0.717, 1.165) is 17.3 Å². The predicted molar refractivity (Wildman–Crippen MR) is 96.9 cm³/mol. The van der Waals surface area contributed by atoms with Crippen molar-refractivity contribution in [3.8, 4) is 11.5 Å². The third kappa shape index (κ3) is 4.10. The number of hydrogen-bond donors (Lipinski definition) is 2. The Morgan fingerprint density at radius 3 is 2.68 bits per heavy atom. The maximum absolute atomic E-state index is 12.4. The van der Waals surface area contributed by atoms with Crippen LogP contribution in [0.15, 0.2) is 18.2 Å². The summed E-state index contributed by atoms with van der Waals surface area (Å²) in [5, 5.41) is 20.3. The molecule has 2 rings (SSSR count). The summed E-state index contributed by atoms with van der Waals surface area (Å²) in [5.74, 6) is 0.269. The zero-order chi connectivity index (χ0) is 18.8. The fraction of sp³-hybridized carbons (Fsp3) is 0.556. The Morgan fingerprint density at radius 2 is 2.16 bits per heavy atom. The first kappa shape index (κ1) is 19.6. The molecule has 1 aromatic carbocycles. The molecule has 7 heteroatoms. The number of likely N-dealkylation sites (tertiary alicyclic amines) is 1. The molecule has 1 aromatic rings. The highest BCUT2D eigenvalue weighted by Crippen LogP contribution is 2.46. The molecule has 2 N–H and O–H groups in total. The van der Waals surface area contributed by atoms with Gasteiger partial charge in [-0.25, -0.2) is 0 Å². The first-order valence-corrected chi connectivity index (χ1v) is 9.13. The average Bonchev–Trinajstić information content (AvgIpc) is 2.91. The maximum atomic E-state index is 12.4. The number of phenols is 1. The highest BCUT2D eigenvalue weighted by atomic mass is 32.2. The van der Waals surface area contributed by atoms with Crippen molar-refractivity contribution in [2.45, 2.75) is 32.8 Å². The van der Waals surface area contributed by atoms with Crippen molar-refractivity contribution in [3.05, 3.63) is 23.8 Å². The number of ether oxygens (including phenoxy) is 1. The minimum absolute atomic E-state index is 0.0323. The third-order valence-electron chi connectivity index (χ3n) is 5.04. The Balaban J connectivity index is 2.27. The Bertz CT molecular complexity index is 663. The lowest BCUT2D eigenvalue weighted by Crippen LogP contribution is -2.38. The number of benzene rings is 1. The van der Waals surface area contributed by atoms with E-state index in [1.807, 2.05) is 13.0 Å². The van der Waals surface area contributed by atoms with Crippen molar-refractivity contribution in [3.63, 3.8) is 0 Å². The van der Waals surface area contributed by atoms with Crippen LogP contribution in [0.4, 0.5) is 0 Å². The quantitative estimate of drug-likeness (QED) is 0.828. The smallest absolute Gasteiger partial charge is 0.233 e. The van der Waals surface area contributed by atoms with Crippen molar-refractivity contribution in [1.82, 2.24) is 4.90 Å². The molecule has 1 aliphatic rings. The number of phenolic OH excluding ortho intramolecular Hbond substituents is 1. The fourth-order valence-electron chi connectivity index (χ4n) is 3.29. The molecular formula is C18H25NO5S. The van der Waals surface area contributed by atoms with Crippen LogP contribution in [-0.2, 0) is 9.59 Å². The van der Waals surface area contributed by atoms with Gasteiger partial charge in [-0.3, -0.25) is 9.59 Å². The van der Waals surface area contributed by atoms with Crippen LogP contribution in [0.1, 0.15) is 32.3 Å². The second-order valence-electron chi connectivity index (χ2n) is 6.72. The molecule has 25 heavy (non-hydrogen) atoms. The number of hydrogen-bond acceptors (Lipinski definition) is 6. The van der Waals surface area contributed by atoms with E-state index in [0.29, 0.717) is 18.8 Å². The lowest BCUT2D eigenvalue weighted by Gasteiger charge is -2.33. The minimum atomic E-state index is -0.639. The molecule has 3 atom stereocenters. The highest BCUT2D eigenvalue weighted by molar-refractivity contribution is 8.14. The van der Waals surface area contributed by atoms with Crippen LogP contribution >= 0.6 is 11.8 Å². The van der Waals surface area contributed by atoms with Gasteiger partial charge in [-0.05, 0) is 24.6 Å². The first-order valence-electron chi connectivity index (χ1n) is 8.15. The standard InChI is InChI=1S/C18H25NO5S/c1-11(20)18(3)10-19(17(23)9-25-12(2)21)8-14(18)13-5-6-16(24-4)15(22)7-13/h5-7,11,14,20,22H,8-10H2,1-4H3. The molecule has 138 valence electrons. The molecular weight excluding hydrogens is 342 g/mol. The van der Waals surface area contributed by atoms with Gasteiger partial charge in [-0.15, -0.1) is 0 Å². The number of nitrogens with zero attached hydrogens (tertiary/aromatic N) is 1. The molecule has 1 aliphatic heterocycles. The summed E-state index contributed by atoms with van der Waals surface area (Å²) in [6, 6.07) is 5.16. The van der Waals surface area contributed by atoms with Crippen LogP contribution in [0.3, 0.4) is 0 Å². The molecule has 0 bridgehead atoms. The van der Waals surface area contributed by atoms with Gasteiger partial charge in [0.1, 0.15) is 0 Å². The van der Waals surface area contributed by atoms with Crippen LogP contribution in [-0.4, -0.2) is 58.2 Å². The largest absolute Gasteiger partial charge is 0.504 e. The molecule has 1 saturated heterocycles. The van der Waals surface area contributed by atoms with E-state index in [-0.39, 0.29) is 28.4 Å². The van der Waals surface area contributed by atoms with E-state index in [4.69, 9.17) is 4.74 Å². The molecule has 1 amide bonds. The maximum Gasteiger partial charge on any atom is 0.233 e. The first-order chi connectivity index (χ1) is 11.7. The topological polar surface area (TPSA) is 87.1 Å². The zero-order valence-electron chi connectivity index (χ0n) is 15.0. The van der Waals surface area contributed by atoms with Gasteiger partial charge in [0.15, 0.2) is 16.6 Å². The molecule has 0 saturated carbocycles. The summed E-state index contributed by atoms with van der Waals surface area (Å²) in [7, 11) is 1.48. The zero-order valence-corrected chi connectivity index (χ0v) is 15.8. The highest BCUT2D eigenvalue weighted by Gasteiger charge is 2.48. The SMILES string of the molecule is COc1ccc(C2CN(C(=O)CSC(C)=O)CC2(C)C(C)O)cc1O. The van der Waals surface area contributed by atoms with E-state index < -0.39 is 11.5 Å². The second kappa shape index (κ2) is 7.66. The van der Waals surface area contributed by atoms with Crippen molar-refractivity contribution in [2.75, 3.05) is 26.0 Å². The number of rotatable bonds is 5. The molecule has 0 aliphatic carbocycles. The fourth-order valence-corrected chi connectivity index (χ4v) is 3.80. The average molecular weight is 367 g/mol. The summed E-state index contributed by atoms with van der Waals surface area (Å²) in [5.41, 5.74) is 0.300. The molecule has 3 unspecified atom stereocenters. The molecule has 1 fully saturated rings. The Labute approximate surface area is 152 Å². The van der Waals surface area contributed by atoms with Crippen molar-refractivity contribution >= 4 is 22.8 Å². The molecule has 1 heterocycles. The lowest BCUT2D eigenvalue weighted by molar-refractivity contribution is -0.128. The van der Waals surface area contributed by atoms with E-state index >= 15 is 0 Å².